The number of hydrogen-bond acceptors (Lipinski definition) is 5. The third kappa shape index (κ3) is 2.53. The molecule has 0 bridgehead atoms. The van der Waals surface area contributed by atoms with Crippen LogP contribution in [0.2, 0.25) is 0 Å². The van der Waals surface area contributed by atoms with E-state index in [4.69, 9.17) is 4.74 Å². The summed E-state index contributed by atoms with van der Waals surface area (Å²) >= 11 is 0. The standard InChI is InChI=1S/C13H19N5O/c1-10-7-12(18-13(16-10)14-9-15-18)17(2)8-11-5-3-4-6-19-11/h7,9,11H,3-6,8H2,1-2H3. The summed E-state index contributed by atoms with van der Waals surface area (Å²) in [5.74, 6) is 1.65. The van der Waals surface area contributed by atoms with E-state index >= 15 is 0 Å². The number of hydrogen-bond donors (Lipinski definition) is 0. The van der Waals surface area contributed by atoms with Crippen molar-refractivity contribution in [2.75, 3.05) is 25.1 Å². The minimum absolute atomic E-state index is 0.311. The van der Waals surface area contributed by atoms with Crippen LogP contribution in [0.25, 0.3) is 5.78 Å². The Kier molecular flexibility index (Phi) is 3.33. The Morgan fingerprint density at radius 2 is 2.37 bits per heavy atom. The summed E-state index contributed by atoms with van der Waals surface area (Å²) in [5.41, 5.74) is 0.951. The second-order valence-electron chi connectivity index (χ2n) is 5.10. The molecule has 1 unspecified atom stereocenters. The number of aryl methyl sites for hydroxylation is 1. The first-order valence-electron chi connectivity index (χ1n) is 6.74. The Labute approximate surface area is 112 Å². The maximum Gasteiger partial charge on any atom is 0.254 e. The Hall–Kier alpha value is -1.69. The van der Waals surface area contributed by atoms with Crippen molar-refractivity contribution in [3.63, 3.8) is 0 Å². The van der Waals surface area contributed by atoms with Crippen molar-refractivity contribution in [3.8, 4) is 0 Å². The van der Waals surface area contributed by atoms with Crippen molar-refractivity contribution < 1.29 is 4.74 Å². The zero-order valence-electron chi connectivity index (χ0n) is 11.4. The highest BCUT2D eigenvalue weighted by Crippen LogP contribution is 2.18. The molecule has 3 heterocycles. The van der Waals surface area contributed by atoms with Gasteiger partial charge in [-0.1, -0.05) is 0 Å². The van der Waals surface area contributed by atoms with Crippen molar-refractivity contribution in [1.29, 1.82) is 0 Å². The van der Waals surface area contributed by atoms with Crippen LogP contribution in [0.4, 0.5) is 5.82 Å². The van der Waals surface area contributed by atoms with Gasteiger partial charge in [0, 0.05) is 32.0 Å². The second-order valence-corrected chi connectivity index (χ2v) is 5.10. The van der Waals surface area contributed by atoms with E-state index in [1.807, 2.05) is 13.0 Å². The molecule has 1 saturated heterocycles. The fraction of sp³-hybridized carbons (Fsp3) is 0.615. The van der Waals surface area contributed by atoms with Crippen molar-refractivity contribution in [3.05, 3.63) is 18.1 Å². The van der Waals surface area contributed by atoms with E-state index in [0.29, 0.717) is 11.9 Å². The van der Waals surface area contributed by atoms with Gasteiger partial charge in [-0.3, -0.25) is 0 Å². The summed E-state index contributed by atoms with van der Waals surface area (Å²) in [6, 6.07) is 2.03. The number of anilines is 1. The predicted octanol–water partition coefficient (Wildman–Crippen LogP) is 1.44. The lowest BCUT2D eigenvalue weighted by Gasteiger charge is -2.28. The molecular formula is C13H19N5O. The summed E-state index contributed by atoms with van der Waals surface area (Å²) in [5, 5.41) is 4.23. The van der Waals surface area contributed by atoms with Gasteiger partial charge in [0.2, 0.25) is 0 Å². The number of ether oxygens (including phenoxy) is 1. The van der Waals surface area contributed by atoms with Gasteiger partial charge in [0.25, 0.3) is 5.78 Å². The first kappa shape index (κ1) is 12.3. The van der Waals surface area contributed by atoms with Crippen LogP contribution in [0.15, 0.2) is 12.4 Å². The van der Waals surface area contributed by atoms with Gasteiger partial charge in [0.1, 0.15) is 12.1 Å². The highest BCUT2D eigenvalue weighted by molar-refractivity contribution is 5.46. The molecule has 0 amide bonds. The monoisotopic (exact) mass is 261 g/mol. The smallest absolute Gasteiger partial charge is 0.254 e. The highest BCUT2D eigenvalue weighted by Gasteiger charge is 2.18. The normalized spacial score (nSPS) is 19.8. The Balaban J connectivity index is 1.83. The van der Waals surface area contributed by atoms with Gasteiger partial charge in [0.05, 0.1) is 6.10 Å². The maximum atomic E-state index is 5.79. The fourth-order valence-corrected chi connectivity index (χ4v) is 2.53. The van der Waals surface area contributed by atoms with Crippen LogP contribution in [0.3, 0.4) is 0 Å². The molecule has 0 N–H and O–H groups in total. The minimum atomic E-state index is 0.311. The molecule has 19 heavy (non-hydrogen) atoms. The summed E-state index contributed by atoms with van der Waals surface area (Å²) < 4.78 is 7.56. The van der Waals surface area contributed by atoms with E-state index in [9.17, 15) is 0 Å². The molecule has 102 valence electrons. The summed E-state index contributed by atoms with van der Waals surface area (Å²) in [7, 11) is 2.06. The van der Waals surface area contributed by atoms with Gasteiger partial charge < -0.3 is 9.64 Å². The van der Waals surface area contributed by atoms with E-state index in [-0.39, 0.29) is 0 Å². The molecule has 1 fully saturated rings. The third-order valence-corrected chi connectivity index (χ3v) is 3.50. The second kappa shape index (κ2) is 5.13. The van der Waals surface area contributed by atoms with Gasteiger partial charge in [-0.15, -0.1) is 0 Å². The Morgan fingerprint density at radius 1 is 1.47 bits per heavy atom. The molecule has 3 rings (SSSR count). The lowest BCUT2D eigenvalue weighted by molar-refractivity contribution is 0.0215. The zero-order valence-corrected chi connectivity index (χ0v) is 11.4. The first-order chi connectivity index (χ1) is 9.24. The molecule has 6 heteroatoms. The van der Waals surface area contributed by atoms with E-state index < -0.39 is 0 Å². The lowest BCUT2D eigenvalue weighted by Crippen LogP contribution is -2.34. The van der Waals surface area contributed by atoms with Crippen LogP contribution in [0.1, 0.15) is 25.0 Å². The molecule has 2 aromatic heterocycles. The van der Waals surface area contributed by atoms with Crippen LogP contribution in [0.5, 0.6) is 0 Å². The number of rotatable bonds is 3. The molecule has 0 aliphatic carbocycles. The molecule has 0 saturated carbocycles. The van der Waals surface area contributed by atoms with E-state index in [2.05, 4.69) is 27.0 Å². The van der Waals surface area contributed by atoms with Crippen LogP contribution >= 0.6 is 0 Å². The topological polar surface area (TPSA) is 55.6 Å². The van der Waals surface area contributed by atoms with Crippen LogP contribution in [-0.2, 0) is 4.74 Å². The molecule has 0 aromatic carbocycles. The molecule has 0 radical (unpaired) electrons. The van der Waals surface area contributed by atoms with Gasteiger partial charge in [0.15, 0.2) is 0 Å². The van der Waals surface area contributed by atoms with E-state index in [0.717, 1.165) is 31.1 Å². The molecule has 2 aromatic rings. The van der Waals surface area contributed by atoms with Crippen molar-refractivity contribution in [1.82, 2.24) is 19.6 Å². The number of likely N-dealkylation sites (N-methyl/N-ethyl adjacent to an activating group) is 1. The predicted molar refractivity (Wildman–Crippen MR) is 72.4 cm³/mol. The summed E-state index contributed by atoms with van der Waals surface area (Å²) in [6.07, 6.45) is 5.42. The molecule has 0 spiro atoms. The summed E-state index contributed by atoms with van der Waals surface area (Å²) in [6.45, 7) is 3.73. The van der Waals surface area contributed by atoms with Gasteiger partial charge in [-0.05, 0) is 26.2 Å². The molecule has 1 aliphatic heterocycles. The fourth-order valence-electron chi connectivity index (χ4n) is 2.53. The van der Waals surface area contributed by atoms with Crippen molar-refractivity contribution in [2.24, 2.45) is 0 Å². The van der Waals surface area contributed by atoms with Gasteiger partial charge in [-0.2, -0.15) is 14.6 Å². The molecule has 1 atom stereocenters. The third-order valence-electron chi connectivity index (χ3n) is 3.50. The van der Waals surface area contributed by atoms with Gasteiger partial charge >= 0.3 is 0 Å². The first-order valence-corrected chi connectivity index (χ1v) is 6.74. The SMILES string of the molecule is Cc1cc(N(C)CC2CCCCO2)n2ncnc2n1. The maximum absolute atomic E-state index is 5.79. The Morgan fingerprint density at radius 3 is 3.16 bits per heavy atom. The summed E-state index contributed by atoms with van der Waals surface area (Å²) in [4.78, 5) is 10.7. The van der Waals surface area contributed by atoms with E-state index in [1.165, 1.54) is 19.2 Å². The molecule has 6 nitrogen and oxygen atoms in total. The number of fused-ring (bicyclic) bond motifs is 1. The van der Waals surface area contributed by atoms with Crippen LogP contribution < -0.4 is 4.90 Å². The average Bonchev–Trinajstić information content (AvgIpc) is 2.86. The van der Waals surface area contributed by atoms with E-state index in [1.54, 1.807) is 4.52 Å². The lowest BCUT2D eigenvalue weighted by atomic mass is 10.1. The quantitative estimate of drug-likeness (QED) is 0.836. The van der Waals surface area contributed by atoms with Crippen molar-refractivity contribution >= 4 is 11.6 Å². The number of aromatic nitrogens is 4. The van der Waals surface area contributed by atoms with Gasteiger partial charge in [-0.25, -0.2) is 4.98 Å². The van der Waals surface area contributed by atoms with Crippen molar-refractivity contribution in [2.45, 2.75) is 32.3 Å². The zero-order chi connectivity index (χ0) is 13.2. The minimum Gasteiger partial charge on any atom is -0.376 e. The van der Waals surface area contributed by atoms with Crippen LogP contribution in [-0.4, -0.2) is 45.9 Å². The Bertz CT molecular complexity index is 561. The number of nitrogens with zero attached hydrogens (tertiary/aromatic N) is 5. The average molecular weight is 261 g/mol. The largest absolute Gasteiger partial charge is 0.376 e. The highest BCUT2D eigenvalue weighted by atomic mass is 16.5. The molecular weight excluding hydrogens is 242 g/mol. The van der Waals surface area contributed by atoms with Crippen LogP contribution in [0, 0.1) is 6.92 Å². The molecule has 1 aliphatic rings.